The Labute approximate surface area is 253 Å². The Hall–Kier alpha value is -4.22. The van der Waals surface area contributed by atoms with E-state index in [2.05, 4.69) is 10.4 Å². The first-order valence-corrected chi connectivity index (χ1v) is 15.3. The molecule has 11 heteroatoms. The van der Waals surface area contributed by atoms with Crippen LogP contribution >= 0.6 is 11.3 Å². The van der Waals surface area contributed by atoms with Crippen molar-refractivity contribution in [2.24, 2.45) is 14.1 Å². The number of rotatable bonds is 8. The van der Waals surface area contributed by atoms with E-state index in [1.807, 2.05) is 36.2 Å². The molecular formula is C32H35N5O5S. The number of ether oxygens (including phenoxy) is 2. The molecule has 4 aromatic rings. The molecule has 3 aromatic heterocycles. The molecule has 10 nitrogen and oxygen atoms in total. The molecule has 1 N–H and O–H groups in total. The van der Waals surface area contributed by atoms with Gasteiger partial charge in [-0.1, -0.05) is 12.1 Å². The van der Waals surface area contributed by atoms with E-state index in [-0.39, 0.29) is 18.1 Å². The number of benzene rings is 1. The van der Waals surface area contributed by atoms with Gasteiger partial charge in [0.05, 0.1) is 22.9 Å². The van der Waals surface area contributed by atoms with Crippen LogP contribution in [0.5, 0.6) is 0 Å². The summed E-state index contributed by atoms with van der Waals surface area (Å²) in [6.45, 7) is 2.30. The van der Waals surface area contributed by atoms with Crippen molar-refractivity contribution in [1.82, 2.24) is 14.3 Å². The Balaban J connectivity index is 1.40. The molecule has 0 bridgehead atoms. The number of aromatic nitrogens is 3. The normalized spacial score (nSPS) is 14.4. The quantitative estimate of drug-likeness (QED) is 0.287. The van der Waals surface area contributed by atoms with Crippen LogP contribution in [0.3, 0.4) is 0 Å². The number of carbonyl (C=O) groups excluding carboxylic acids is 2. The zero-order chi connectivity index (χ0) is 30.2. The SMILES string of the molecule is COCc1cc(Nc2cc(-c3cccc(N4CCc5c(sc6c5CCCC6)C4=O)c3COC(C)=O)cn(C)c2=O)nn1C. The molecule has 1 amide bonds. The van der Waals surface area contributed by atoms with Gasteiger partial charge in [0, 0.05) is 62.9 Å². The van der Waals surface area contributed by atoms with Gasteiger partial charge < -0.3 is 24.3 Å². The monoisotopic (exact) mass is 601 g/mol. The van der Waals surface area contributed by atoms with Gasteiger partial charge in [-0.15, -0.1) is 11.3 Å². The van der Waals surface area contributed by atoms with E-state index in [1.54, 1.807) is 42.4 Å². The molecule has 1 aromatic carbocycles. The van der Waals surface area contributed by atoms with Crippen LogP contribution in [0.4, 0.5) is 17.2 Å². The predicted molar refractivity (Wildman–Crippen MR) is 166 cm³/mol. The summed E-state index contributed by atoms with van der Waals surface area (Å²) < 4.78 is 14.0. The van der Waals surface area contributed by atoms with E-state index in [0.717, 1.165) is 41.0 Å². The smallest absolute Gasteiger partial charge is 0.302 e. The summed E-state index contributed by atoms with van der Waals surface area (Å²) in [4.78, 5) is 43.1. The van der Waals surface area contributed by atoms with Crippen molar-refractivity contribution in [2.45, 2.75) is 52.2 Å². The van der Waals surface area contributed by atoms with Crippen LogP contribution in [0.25, 0.3) is 11.1 Å². The average molecular weight is 602 g/mol. The zero-order valence-electron chi connectivity index (χ0n) is 24.9. The number of fused-ring (bicyclic) bond motifs is 3. The molecule has 2 aliphatic rings. The third kappa shape index (κ3) is 5.50. The molecular weight excluding hydrogens is 566 g/mol. The van der Waals surface area contributed by atoms with Gasteiger partial charge in [-0.25, -0.2) is 0 Å². The Morgan fingerprint density at radius 2 is 1.88 bits per heavy atom. The number of nitrogens with zero attached hydrogens (tertiary/aromatic N) is 4. The Bertz CT molecular complexity index is 1790. The number of thiophene rings is 1. The highest BCUT2D eigenvalue weighted by Crippen LogP contribution is 2.40. The number of aryl methyl sites for hydroxylation is 3. The number of nitrogens with one attached hydrogen (secondary N) is 1. The Morgan fingerprint density at radius 3 is 2.67 bits per heavy atom. The number of methoxy groups -OCH3 is 1. The van der Waals surface area contributed by atoms with E-state index >= 15 is 0 Å². The van der Waals surface area contributed by atoms with E-state index in [1.165, 1.54) is 40.3 Å². The molecule has 0 atom stereocenters. The number of hydrogen-bond donors (Lipinski definition) is 1. The van der Waals surface area contributed by atoms with Crippen molar-refractivity contribution >= 4 is 40.4 Å². The number of anilines is 3. The molecule has 6 rings (SSSR count). The summed E-state index contributed by atoms with van der Waals surface area (Å²) in [5.74, 6) is 0.0986. The fourth-order valence-electron chi connectivity index (χ4n) is 6.11. The van der Waals surface area contributed by atoms with Crippen LogP contribution in [0.15, 0.2) is 41.3 Å². The van der Waals surface area contributed by atoms with Crippen LogP contribution in [0.2, 0.25) is 0 Å². The molecule has 0 fully saturated rings. The van der Waals surface area contributed by atoms with Crippen molar-refractivity contribution in [2.75, 3.05) is 23.9 Å². The summed E-state index contributed by atoms with van der Waals surface area (Å²) in [5.41, 5.74) is 6.50. The van der Waals surface area contributed by atoms with Crippen LogP contribution in [-0.2, 0) is 60.8 Å². The van der Waals surface area contributed by atoms with Crippen LogP contribution in [0, 0.1) is 0 Å². The molecule has 1 aliphatic heterocycles. The van der Waals surface area contributed by atoms with Gasteiger partial charge in [-0.3, -0.25) is 19.1 Å². The van der Waals surface area contributed by atoms with Crippen LogP contribution in [-0.4, -0.2) is 39.9 Å². The summed E-state index contributed by atoms with van der Waals surface area (Å²) >= 11 is 1.64. The highest BCUT2D eigenvalue weighted by Gasteiger charge is 2.33. The number of amides is 1. The lowest BCUT2D eigenvalue weighted by molar-refractivity contribution is -0.142. The first-order chi connectivity index (χ1) is 20.7. The average Bonchev–Trinajstić information content (AvgIpc) is 3.54. The van der Waals surface area contributed by atoms with Gasteiger partial charge in [0.15, 0.2) is 5.82 Å². The van der Waals surface area contributed by atoms with Gasteiger partial charge >= 0.3 is 5.97 Å². The topological polar surface area (TPSA) is 108 Å². The van der Waals surface area contributed by atoms with E-state index in [0.29, 0.717) is 35.9 Å². The first-order valence-electron chi connectivity index (χ1n) is 14.5. The van der Waals surface area contributed by atoms with Gasteiger partial charge in [0.25, 0.3) is 11.5 Å². The first kappa shape index (κ1) is 28.9. The highest BCUT2D eigenvalue weighted by atomic mass is 32.1. The van der Waals surface area contributed by atoms with Crippen molar-refractivity contribution in [1.29, 1.82) is 0 Å². The zero-order valence-corrected chi connectivity index (χ0v) is 25.7. The predicted octanol–water partition coefficient (Wildman–Crippen LogP) is 4.88. The fraction of sp³-hybridized carbons (Fsp3) is 0.375. The lowest BCUT2D eigenvalue weighted by Gasteiger charge is -2.30. The minimum atomic E-state index is -0.413. The minimum absolute atomic E-state index is 0.00768. The molecule has 0 saturated heterocycles. The fourth-order valence-corrected chi connectivity index (χ4v) is 7.49. The molecule has 1 aliphatic carbocycles. The van der Waals surface area contributed by atoms with Crippen molar-refractivity contribution in [3.8, 4) is 11.1 Å². The Morgan fingerprint density at radius 1 is 1.07 bits per heavy atom. The van der Waals surface area contributed by atoms with Gasteiger partial charge in [0.2, 0.25) is 0 Å². The highest BCUT2D eigenvalue weighted by molar-refractivity contribution is 7.14. The second kappa shape index (κ2) is 11.8. The summed E-state index contributed by atoms with van der Waals surface area (Å²) in [6, 6.07) is 9.34. The second-order valence-electron chi connectivity index (χ2n) is 11.1. The van der Waals surface area contributed by atoms with Gasteiger partial charge in [0.1, 0.15) is 12.3 Å². The standard InChI is InChI=1S/C32H35N5O5S/c1-19(38)42-18-25-22(20-14-26(31(39)35(2)16-20)33-29-15-21(17-41-4)36(3)34-29)9-7-10-27(25)37-13-12-24-23-8-5-6-11-28(23)43-30(24)32(37)40/h7,9-10,14-16H,5-6,8,11-13,17-18H2,1-4H3,(H,33,34). The molecule has 0 unspecified atom stereocenters. The van der Waals surface area contributed by atoms with E-state index < -0.39 is 5.97 Å². The van der Waals surface area contributed by atoms with Crippen molar-refractivity contribution in [3.05, 3.63) is 79.0 Å². The summed E-state index contributed by atoms with van der Waals surface area (Å²) in [5, 5.41) is 7.63. The second-order valence-corrected chi connectivity index (χ2v) is 12.2. The van der Waals surface area contributed by atoms with E-state index in [4.69, 9.17) is 9.47 Å². The Kier molecular flexibility index (Phi) is 7.93. The molecule has 0 saturated carbocycles. The number of hydrogen-bond acceptors (Lipinski definition) is 8. The summed E-state index contributed by atoms with van der Waals surface area (Å²) in [6.07, 6.45) is 6.99. The molecule has 4 heterocycles. The third-order valence-corrected chi connectivity index (χ3v) is 9.52. The molecule has 0 spiro atoms. The maximum Gasteiger partial charge on any atom is 0.302 e. The lowest BCUT2D eigenvalue weighted by Crippen LogP contribution is -2.37. The van der Waals surface area contributed by atoms with Crippen LogP contribution < -0.4 is 15.8 Å². The van der Waals surface area contributed by atoms with Gasteiger partial charge in [-0.2, -0.15) is 5.10 Å². The maximum absolute atomic E-state index is 14.0. The number of pyridine rings is 1. The third-order valence-electron chi connectivity index (χ3n) is 8.19. The minimum Gasteiger partial charge on any atom is -0.461 e. The van der Waals surface area contributed by atoms with E-state index in [9.17, 15) is 14.4 Å². The van der Waals surface area contributed by atoms with Gasteiger partial charge in [-0.05, 0) is 60.9 Å². The number of esters is 1. The lowest BCUT2D eigenvalue weighted by atomic mass is 9.91. The van der Waals surface area contributed by atoms with Crippen LogP contribution in [0.1, 0.15) is 56.7 Å². The molecule has 224 valence electrons. The molecule has 43 heavy (non-hydrogen) atoms. The maximum atomic E-state index is 14.0. The van der Waals surface area contributed by atoms with Crippen molar-refractivity contribution in [3.63, 3.8) is 0 Å². The summed E-state index contributed by atoms with van der Waals surface area (Å²) in [7, 11) is 5.12. The molecule has 0 radical (unpaired) electrons. The largest absolute Gasteiger partial charge is 0.461 e. The van der Waals surface area contributed by atoms with Crippen molar-refractivity contribution < 1.29 is 19.1 Å². The number of carbonyl (C=O) groups is 2.